The summed E-state index contributed by atoms with van der Waals surface area (Å²) in [6.45, 7) is 7.26. The molecule has 1 atom stereocenters. The standard InChI is InChI=1S/C12H22N2O/c1-3-11(15-6-1)7-14-9-12(10-14)4-2-5-13-8-12/h11,13H,1-10H2. The summed E-state index contributed by atoms with van der Waals surface area (Å²) in [5.74, 6) is 0. The van der Waals surface area contributed by atoms with Gasteiger partial charge in [-0.15, -0.1) is 0 Å². The molecule has 0 aliphatic carbocycles. The maximum absolute atomic E-state index is 5.68. The van der Waals surface area contributed by atoms with Gasteiger partial charge in [0.15, 0.2) is 0 Å². The lowest BCUT2D eigenvalue weighted by atomic mass is 9.74. The maximum atomic E-state index is 5.68. The fourth-order valence-electron chi connectivity index (χ4n) is 3.41. The molecule has 0 aromatic rings. The Morgan fingerprint density at radius 3 is 2.93 bits per heavy atom. The largest absolute Gasteiger partial charge is 0.377 e. The number of nitrogens with one attached hydrogen (secondary N) is 1. The minimum Gasteiger partial charge on any atom is -0.377 e. The van der Waals surface area contributed by atoms with E-state index in [2.05, 4.69) is 10.2 Å². The van der Waals surface area contributed by atoms with Crippen molar-refractivity contribution in [3.05, 3.63) is 0 Å². The molecule has 15 heavy (non-hydrogen) atoms. The molecule has 0 bridgehead atoms. The monoisotopic (exact) mass is 210 g/mol. The van der Waals surface area contributed by atoms with E-state index in [9.17, 15) is 0 Å². The molecule has 86 valence electrons. The first-order chi connectivity index (χ1) is 7.36. The number of piperidine rings is 1. The first-order valence-corrected chi connectivity index (χ1v) is 6.41. The second-order valence-corrected chi connectivity index (χ2v) is 5.58. The Kier molecular flexibility index (Phi) is 2.71. The molecule has 3 rings (SSSR count). The SMILES string of the molecule is C1COC(CN2CC3(CCCNC3)C2)C1. The number of nitrogens with zero attached hydrogens (tertiary/aromatic N) is 1. The van der Waals surface area contributed by atoms with E-state index >= 15 is 0 Å². The van der Waals surface area contributed by atoms with Crippen LogP contribution < -0.4 is 5.32 Å². The van der Waals surface area contributed by atoms with Crippen LogP contribution in [0.3, 0.4) is 0 Å². The summed E-state index contributed by atoms with van der Waals surface area (Å²) in [6, 6.07) is 0. The Morgan fingerprint density at radius 1 is 1.33 bits per heavy atom. The number of likely N-dealkylation sites (tertiary alicyclic amines) is 1. The van der Waals surface area contributed by atoms with Crippen molar-refractivity contribution in [2.45, 2.75) is 31.8 Å². The van der Waals surface area contributed by atoms with E-state index in [0.29, 0.717) is 11.5 Å². The zero-order chi connectivity index (χ0) is 10.1. The van der Waals surface area contributed by atoms with Gasteiger partial charge in [-0.2, -0.15) is 0 Å². The summed E-state index contributed by atoms with van der Waals surface area (Å²) in [7, 11) is 0. The van der Waals surface area contributed by atoms with E-state index in [1.807, 2.05) is 0 Å². The average Bonchev–Trinajstić information content (AvgIpc) is 2.70. The minimum atomic E-state index is 0.541. The third kappa shape index (κ3) is 2.05. The number of rotatable bonds is 2. The molecule has 0 saturated carbocycles. The molecule has 3 saturated heterocycles. The van der Waals surface area contributed by atoms with Crippen molar-refractivity contribution in [3.63, 3.8) is 0 Å². The molecule has 3 heterocycles. The third-order valence-electron chi connectivity index (χ3n) is 4.16. The zero-order valence-corrected chi connectivity index (χ0v) is 9.50. The highest BCUT2D eigenvalue weighted by molar-refractivity contribution is 4.99. The van der Waals surface area contributed by atoms with Crippen molar-refractivity contribution < 1.29 is 4.74 Å². The molecule has 3 aliphatic rings. The van der Waals surface area contributed by atoms with E-state index < -0.39 is 0 Å². The molecule has 3 heteroatoms. The highest BCUT2D eigenvalue weighted by atomic mass is 16.5. The molecule has 0 radical (unpaired) electrons. The van der Waals surface area contributed by atoms with Crippen molar-refractivity contribution in [2.75, 3.05) is 39.3 Å². The third-order valence-corrected chi connectivity index (χ3v) is 4.16. The highest BCUT2D eigenvalue weighted by Crippen LogP contribution is 2.36. The zero-order valence-electron chi connectivity index (χ0n) is 9.50. The Labute approximate surface area is 92.2 Å². The first kappa shape index (κ1) is 10.1. The molecule has 0 aromatic carbocycles. The number of hydrogen-bond acceptors (Lipinski definition) is 3. The van der Waals surface area contributed by atoms with Gasteiger partial charge < -0.3 is 10.1 Å². The predicted molar refractivity (Wildman–Crippen MR) is 60.0 cm³/mol. The van der Waals surface area contributed by atoms with Gasteiger partial charge in [0, 0.05) is 38.2 Å². The van der Waals surface area contributed by atoms with Gasteiger partial charge >= 0.3 is 0 Å². The smallest absolute Gasteiger partial charge is 0.0702 e. The van der Waals surface area contributed by atoms with Gasteiger partial charge in [0.25, 0.3) is 0 Å². The summed E-state index contributed by atoms with van der Waals surface area (Å²) in [4.78, 5) is 2.59. The van der Waals surface area contributed by atoms with Crippen molar-refractivity contribution in [3.8, 4) is 0 Å². The van der Waals surface area contributed by atoms with Crippen LogP contribution in [0.5, 0.6) is 0 Å². The van der Waals surface area contributed by atoms with Crippen LogP contribution in [-0.4, -0.2) is 50.3 Å². The quantitative estimate of drug-likeness (QED) is 0.731. The molecule has 0 amide bonds. The van der Waals surface area contributed by atoms with Gasteiger partial charge in [-0.25, -0.2) is 0 Å². The lowest BCUT2D eigenvalue weighted by Crippen LogP contribution is -2.63. The fraction of sp³-hybridized carbons (Fsp3) is 1.00. The summed E-state index contributed by atoms with van der Waals surface area (Å²) in [5, 5.41) is 3.53. The van der Waals surface area contributed by atoms with Crippen LogP contribution in [0.4, 0.5) is 0 Å². The molecule has 3 nitrogen and oxygen atoms in total. The second-order valence-electron chi connectivity index (χ2n) is 5.58. The van der Waals surface area contributed by atoms with Crippen molar-refractivity contribution in [1.82, 2.24) is 10.2 Å². The molecule has 3 fully saturated rings. The van der Waals surface area contributed by atoms with Crippen LogP contribution in [0, 0.1) is 5.41 Å². The molecule has 3 aliphatic heterocycles. The minimum absolute atomic E-state index is 0.541. The summed E-state index contributed by atoms with van der Waals surface area (Å²) < 4.78 is 5.68. The van der Waals surface area contributed by atoms with Crippen molar-refractivity contribution >= 4 is 0 Å². The Morgan fingerprint density at radius 2 is 2.27 bits per heavy atom. The number of ether oxygens (including phenoxy) is 1. The van der Waals surface area contributed by atoms with Gasteiger partial charge in [0.2, 0.25) is 0 Å². The van der Waals surface area contributed by atoms with E-state index in [1.54, 1.807) is 0 Å². The summed E-state index contributed by atoms with van der Waals surface area (Å²) in [5.41, 5.74) is 0.636. The Hall–Kier alpha value is -0.120. The van der Waals surface area contributed by atoms with Crippen molar-refractivity contribution in [2.24, 2.45) is 5.41 Å². The molecule has 1 N–H and O–H groups in total. The molecular formula is C12H22N2O. The van der Waals surface area contributed by atoms with Crippen LogP contribution in [0.15, 0.2) is 0 Å². The van der Waals surface area contributed by atoms with E-state index in [-0.39, 0.29) is 0 Å². The van der Waals surface area contributed by atoms with Gasteiger partial charge in [-0.05, 0) is 32.2 Å². The van der Waals surface area contributed by atoms with Crippen LogP contribution in [-0.2, 0) is 4.74 Å². The predicted octanol–water partition coefficient (Wildman–Crippen LogP) is 0.851. The average molecular weight is 210 g/mol. The first-order valence-electron chi connectivity index (χ1n) is 6.41. The maximum Gasteiger partial charge on any atom is 0.0702 e. The lowest BCUT2D eigenvalue weighted by molar-refractivity contribution is -0.0449. The van der Waals surface area contributed by atoms with E-state index in [1.165, 1.54) is 58.4 Å². The van der Waals surface area contributed by atoms with E-state index in [4.69, 9.17) is 4.74 Å². The van der Waals surface area contributed by atoms with Crippen LogP contribution >= 0.6 is 0 Å². The Balaban J connectivity index is 1.44. The normalized spacial score (nSPS) is 35.6. The van der Waals surface area contributed by atoms with Crippen LogP contribution in [0.2, 0.25) is 0 Å². The van der Waals surface area contributed by atoms with Crippen LogP contribution in [0.1, 0.15) is 25.7 Å². The molecule has 0 aromatic heterocycles. The molecular weight excluding hydrogens is 188 g/mol. The number of hydrogen-bond donors (Lipinski definition) is 1. The molecule has 1 spiro atoms. The second kappa shape index (κ2) is 4.04. The van der Waals surface area contributed by atoms with E-state index in [0.717, 1.165) is 6.61 Å². The van der Waals surface area contributed by atoms with Gasteiger partial charge in [0.05, 0.1) is 6.10 Å². The highest BCUT2D eigenvalue weighted by Gasteiger charge is 2.43. The Bertz CT molecular complexity index is 212. The van der Waals surface area contributed by atoms with Crippen molar-refractivity contribution in [1.29, 1.82) is 0 Å². The molecule has 1 unspecified atom stereocenters. The van der Waals surface area contributed by atoms with Crippen LogP contribution in [0.25, 0.3) is 0 Å². The lowest BCUT2D eigenvalue weighted by Gasteiger charge is -2.53. The summed E-state index contributed by atoms with van der Waals surface area (Å²) >= 11 is 0. The van der Waals surface area contributed by atoms with Gasteiger partial charge in [-0.1, -0.05) is 0 Å². The topological polar surface area (TPSA) is 24.5 Å². The fourth-order valence-corrected chi connectivity index (χ4v) is 3.41. The van der Waals surface area contributed by atoms with Gasteiger partial charge in [0.1, 0.15) is 0 Å². The summed E-state index contributed by atoms with van der Waals surface area (Å²) in [6.07, 6.45) is 5.89. The van der Waals surface area contributed by atoms with Gasteiger partial charge in [-0.3, -0.25) is 4.90 Å².